The van der Waals surface area contributed by atoms with Crippen LogP contribution in [0.1, 0.15) is 42.1 Å². The van der Waals surface area contributed by atoms with Gasteiger partial charge in [-0.05, 0) is 24.5 Å². The second-order valence-corrected chi connectivity index (χ2v) is 8.53. The molecule has 0 spiro atoms. The molecule has 1 unspecified atom stereocenters. The van der Waals surface area contributed by atoms with E-state index >= 15 is 0 Å². The molecule has 8 heteroatoms. The maximum atomic E-state index is 13.1. The molecule has 1 aliphatic rings. The quantitative estimate of drug-likeness (QED) is 0.706. The fourth-order valence-corrected chi connectivity index (χ4v) is 4.06. The topological polar surface area (TPSA) is 82.6 Å². The van der Waals surface area contributed by atoms with E-state index in [1.54, 1.807) is 26.4 Å². The van der Waals surface area contributed by atoms with Crippen LogP contribution in [0.2, 0.25) is 0 Å². The van der Waals surface area contributed by atoms with Crippen molar-refractivity contribution in [2.75, 3.05) is 14.1 Å². The minimum absolute atomic E-state index is 0.0417. The summed E-state index contributed by atoms with van der Waals surface area (Å²) in [4.78, 5) is 44.6. The zero-order valence-corrected chi connectivity index (χ0v) is 18.0. The fraction of sp³-hybridized carbons (Fsp3) is 0.429. The number of rotatable bonds is 7. The van der Waals surface area contributed by atoms with Gasteiger partial charge in [0, 0.05) is 19.5 Å². The maximum absolute atomic E-state index is 13.1. The van der Waals surface area contributed by atoms with E-state index in [0.717, 1.165) is 18.4 Å². The molecule has 1 atom stereocenters. The van der Waals surface area contributed by atoms with Gasteiger partial charge in [-0.3, -0.25) is 14.5 Å². The van der Waals surface area contributed by atoms with E-state index in [9.17, 15) is 14.4 Å². The Morgan fingerprint density at radius 2 is 1.93 bits per heavy atom. The minimum Gasteiger partial charge on any atom is -0.348 e. The van der Waals surface area contributed by atoms with Crippen molar-refractivity contribution < 1.29 is 14.4 Å². The van der Waals surface area contributed by atoms with Crippen LogP contribution in [0.3, 0.4) is 0 Å². The number of likely N-dealkylation sites (N-methyl/N-ethyl adjacent to an activating group) is 1. The Morgan fingerprint density at radius 1 is 1.24 bits per heavy atom. The van der Waals surface area contributed by atoms with Gasteiger partial charge in [0.05, 0.1) is 18.7 Å². The molecule has 1 N–H and O–H groups in total. The molecular weight excluding hydrogens is 388 g/mol. The summed E-state index contributed by atoms with van der Waals surface area (Å²) in [6.45, 7) is 3.93. The highest BCUT2D eigenvalue weighted by atomic mass is 32.1. The Kier molecular flexibility index (Phi) is 6.02. The molecule has 4 amide bonds. The molecule has 1 aromatic carbocycles. The van der Waals surface area contributed by atoms with Crippen LogP contribution in [0.25, 0.3) is 0 Å². The lowest BCUT2D eigenvalue weighted by atomic mass is 9.91. The molecule has 1 aromatic heterocycles. The van der Waals surface area contributed by atoms with Gasteiger partial charge in [-0.1, -0.05) is 37.6 Å². The largest absolute Gasteiger partial charge is 0.348 e. The van der Waals surface area contributed by atoms with Gasteiger partial charge in [-0.2, -0.15) is 0 Å². The number of aryl methyl sites for hydroxylation is 1. The van der Waals surface area contributed by atoms with Crippen molar-refractivity contribution in [1.82, 2.24) is 20.1 Å². The van der Waals surface area contributed by atoms with Gasteiger partial charge < -0.3 is 10.2 Å². The summed E-state index contributed by atoms with van der Waals surface area (Å²) in [6, 6.07) is 7.37. The van der Waals surface area contributed by atoms with E-state index in [-0.39, 0.29) is 24.8 Å². The molecule has 1 saturated heterocycles. The molecule has 0 radical (unpaired) electrons. The monoisotopic (exact) mass is 414 g/mol. The summed E-state index contributed by atoms with van der Waals surface area (Å²) < 4.78 is 0. The van der Waals surface area contributed by atoms with Gasteiger partial charge in [0.25, 0.3) is 5.91 Å². The molecular formula is C21H26N4O3S. The lowest BCUT2D eigenvalue weighted by Gasteiger charge is -2.22. The number of thiazole rings is 1. The second-order valence-electron chi connectivity index (χ2n) is 7.59. The third kappa shape index (κ3) is 4.32. The molecule has 0 bridgehead atoms. The number of nitrogens with one attached hydrogen (secondary N) is 1. The first-order chi connectivity index (χ1) is 13.7. The first kappa shape index (κ1) is 21.0. The third-order valence-electron chi connectivity index (χ3n) is 5.07. The number of carbonyl (C=O) groups excluding carboxylic acids is 3. The second kappa shape index (κ2) is 8.32. The van der Waals surface area contributed by atoms with Crippen LogP contribution in [-0.2, 0) is 34.5 Å². The molecule has 1 fully saturated rings. The Hall–Kier alpha value is -2.74. The van der Waals surface area contributed by atoms with E-state index < -0.39 is 11.6 Å². The summed E-state index contributed by atoms with van der Waals surface area (Å²) in [6.07, 6.45) is 2.24. The Balaban J connectivity index is 1.73. The van der Waals surface area contributed by atoms with Crippen molar-refractivity contribution in [2.45, 2.75) is 45.2 Å². The van der Waals surface area contributed by atoms with E-state index in [1.807, 2.05) is 24.3 Å². The van der Waals surface area contributed by atoms with Crippen LogP contribution in [0.5, 0.6) is 0 Å². The number of hydrogen-bond acceptors (Lipinski definition) is 5. The van der Waals surface area contributed by atoms with E-state index in [4.69, 9.17) is 0 Å². The molecule has 2 aromatic rings. The van der Waals surface area contributed by atoms with Gasteiger partial charge in [-0.15, -0.1) is 11.3 Å². The standard InChI is InChI=1S/C21H26N4O3S/c1-5-6-14-7-9-15(10-8-14)21(2)19(27)25(20(28)23-21)12-16-13-29-17(22-16)11-18(26)24(3)4/h7-10,13H,5-6,11-12H2,1-4H3,(H,23,28). The van der Waals surface area contributed by atoms with Crippen LogP contribution in [0.4, 0.5) is 4.79 Å². The van der Waals surface area contributed by atoms with Crippen molar-refractivity contribution in [1.29, 1.82) is 0 Å². The molecule has 1 aliphatic heterocycles. The SMILES string of the molecule is CCCc1ccc(C2(C)NC(=O)N(Cc3csc(CC(=O)N(C)C)n3)C2=O)cc1. The molecule has 3 rings (SSSR count). The first-order valence-electron chi connectivity index (χ1n) is 9.61. The minimum atomic E-state index is -1.10. The van der Waals surface area contributed by atoms with Crippen molar-refractivity contribution in [2.24, 2.45) is 0 Å². The summed E-state index contributed by atoms with van der Waals surface area (Å²) in [5.74, 6) is -0.343. The number of urea groups is 1. The Bertz CT molecular complexity index is 922. The number of benzene rings is 1. The zero-order chi connectivity index (χ0) is 21.2. The third-order valence-corrected chi connectivity index (χ3v) is 5.96. The highest BCUT2D eigenvalue weighted by Gasteiger charge is 2.49. The van der Waals surface area contributed by atoms with Gasteiger partial charge in [0.1, 0.15) is 10.5 Å². The average molecular weight is 415 g/mol. The molecule has 154 valence electrons. The normalized spacial score (nSPS) is 18.8. The summed E-state index contributed by atoms with van der Waals surface area (Å²) >= 11 is 1.36. The van der Waals surface area contributed by atoms with E-state index in [0.29, 0.717) is 10.7 Å². The van der Waals surface area contributed by atoms with Crippen LogP contribution in [0, 0.1) is 0 Å². The average Bonchev–Trinajstić information content (AvgIpc) is 3.21. The lowest BCUT2D eigenvalue weighted by molar-refractivity contribution is -0.131. The van der Waals surface area contributed by atoms with E-state index in [1.165, 1.54) is 26.7 Å². The number of aromatic nitrogens is 1. The van der Waals surface area contributed by atoms with Crippen molar-refractivity contribution in [3.63, 3.8) is 0 Å². The number of nitrogens with zero attached hydrogens (tertiary/aromatic N) is 3. The van der Waals surface area contributed by atoms with Crippen LogP contribution < -0.4 is 5.32 Å². The van der Waals surface area contributed by atoms with Crippen LogP contribution in [-0.4, -0.2) is 46.7 Å². The number of imide groups is 1. The zero-order valence-electron chi connectivity index (χ0n) is 17.2. The van der Waals surface area contributed by atoms with Crippen molar-refractivity contribution in [3.05, 3.63) is 51.5 Å². The Labute approximate surface area is 174 Å². The molecule has 2 heterocycles. The van der Waals surface area contributed by atoms with Crippen molar-refractivity contribution >= 4 is 29.2 Å². The maximum Gasteiger partial charge on any atom is 0.325 e. The van der Waals surface area contributed by atoms with Gasteiger partial charge in [-0.25, -0.2) is 9.78 Å². The molecule has 7 nitrogen and oxygen atoms in total. The lowest BCUT2D eigenvalue weighted by Crippen LogP contribution is -2.40. The predicted octanol–water partition coefficient (Wildman–Crippen LogP) is 2.69. The Morgan fingerprint density at radius 3 is 2.55 bits per heavy atom. The van der Waals surface area contributed by atoms with Gasteiger partial charge >= 0.3 is 6.03 Å². The number of hydrogen-bond donors (Lipinski definition) is 1. The summed E-state index contributed by atoms with van der Waals surface area (Å²) in [5, 5.41) is 5.28. The molecule has 29 heavy (non-hydrogen) atoms. The number of amides is 4. The van der Waals surface area contributed by atoms with E-state index in [2.05, 4.69) is 17.2 Å². The van der Waals surface area contributed by atoms with Gasteiger partial charge in [0.2, 0.25) is 5.91 Å². The van der Waals surface area contributed by atoms with Crippen LogP contribution in [0.15, 0.2) is 29.6 Å². The first-order valence-corrected chi connectivity index (χ1v) is 10.5. The fourth-order valence-electron chi connectivity index (χ4n) is 3.28. The van der Waals surface area contributed by atoms with Gasteiger partial charge in [0.15, 0.2) is 0 Å². The predicted molar refractivity (Wildman–Crippen MR) is 111 cm³/mol. The summed E-state index contributed by atoms with van der Waals surface area (Å²) in [7, 11) is 3.39. The smallest absolute Gasteiger partial charge is 0.325 e. The highest BCUT2D eigenvalue weighted by Crippen LogP contribution is 2.30. The summed E-state index contributed by atoms with van der Waals surface area (Å²) in [5.41, 5.74) is 1.47. The highest BCUT2D eigenvalue weighted by molar-refractivity contribution is 7.09. The molecule has 0 saturated carbocycles. The van der Waals surface area contributed by atoms with Crippen molar-refractivity contribution in [3.8, 4) is 0 Å². The molecule has 0 aliphatic carbocycles. The van der Waals surface area contributed by atoms with Crippen LogP contribution >= 0.6 is 11.3 Å². The number of carbonyl (C=O) groups is 3.